The van der Waals surface area contributed by atoms with E-state index in [1.165, 1.54) is 22.3 Å². The molecule has 0 saturated heterocycles. The number of hydrogen-bond acceptors (Lipinski definition) is 2. The van der Waals surface area contributed by atoms with Crippen molar-refractivity contribution in [3.8, 4) is 0 Å². The van der Waals surface area contributed by atoms with Crippen LogP contribution in [0.3, 0.4) is 0 Å². The standard InChI is InChI=1S/C22H18N2O/c25-22-18-6-5-15(13-16(18)11-12-23-22)17-7-10-21-19(17)8-9-20(24-21)14-3-1-2-4-14/h1,3-9,13H,2,10-12H2,(H,23,25). The van der Waals surface area contributed by atoms with Crippen molar-refractivity contribution < 1.29 is 4.79 Å². The van der Waals surface area contributed by atoms with E-state index in [4.69, 9.17) is 4.98 Å². The Labute approximate surface area is 146 Å². The summed E-state index contributed by atoms with van der Waals surface area (Å²) >= 11 is 0. The maximum atomic E-state index is 11.9. The molecule has 122 valence electrons. The topological polar surface area (TPSA) is 42.0 Å². The summed E-state index contributed by atoms with van der Waals surface area (Å²) in [5.41, 5.74) is 9.00. The van der Waals surface area contributed by atoms with Gasteiger partial charge in [-0.2, -0.15) is 0 Å². The number of allylic oxidation sites excluding steroid dienone is 5. The van der Waals surface area contributed by atoms with Gasteiger partial charge in [-0.1, -0.05) is 42.5 Å². The van der Waals surface area contributed by atoms with Crippen LogP contribution < -0.4 is 5.32 Å². The highest BCUT2D eigenvalue weighted by Gasteiger charge is 2.21. The number of carbonyl (C=O) groups excluding carboxylic acids is 1. The van der Waals surface area contributed by atoms with Crippen LogP contribution in [0.1, 0.15) is 44.9 Å². The van der Waals surface area contributed by atoms with E-state index < -0.39 is 0 Å². The average molecular weight is 326 g/mol. The number of amides is 1. The van der Waals surface area contributed by atoms with E-state index in [0.717, 1.165) is 48.3 Å². The molecular weight excluding hydrogens is 308 g/mol. The van der Waals surface area contributed by atoms with E-state index in [-0.39, 0.29) is 5.91 Å². The third-order valence-corrected chi connectivity index (χ3v) is 5.17. The molecule has 0 spiro atoms. The number of aromatic nitrogens is 1. The molecule has 2 aromatic rings. The first-order valence-corrected chi connectivity index (χ1v) is 8.78. The zero-order valence-electron chi connectivity index (χ0n) is 13.9. The maximum absolute atomic E-state index is 11.9. The molecule has 5 rings (SSSR count). The highest BCUT2D eigenvalue weighted by molar-refractivity contribution is 5.97. The van der Waals surface area contributed by atoms with Crippen LogP contribution in [-0.4, -0.2) is 17.4 Å². The molecular formula is C22H18N2O. The molecule has 3 heteroatoms. The number of nitrogens with zero attached hydrogens (tertiary/aromatic N) is 1. The van der Waals surface area contributed by atoms with Crippen molar-refractivity contribution in [2.75, 3.05) is 6.54 Å². The zero-order valence-corrected chi connectivity index (χ0v) is 13.9. The van der Waals surface area contributed by atoms with Crippen molar-refractivity contribution in [3.05, 3.63) is 88.3 Å². The molecule has 3 nitrogen and oxygen atoms in total. The van der Waals surface area contributed by atoms with Crippen LogP contribution in [0.4, 0.5) is 0 Å². The molecule has 1 aromatic heterocycles. The Morgan fingerprint density at radius 3 is 2.84 bits per heavy atom. The van der Waals surface area contributed by atoms with Gasteiger partial charge in [0.05, 0.1) is 11.4 Å². The molecule has 0 radical (unpaired) electrons. The molecule has 1 aliphatic heterocycles. The van der Waals surface area contributed by atoms with E-state index >= 15 is 0 Å². The van der Waals surface area contributed by atoms with Crippen LogP contribution in [0.2, 0.25) is 0 Å². The Morgan fingerprint density at radius 1 is 1.04 bits per heavy atom. The van der Waals surface area contributed by atoms with Crippen molar-refractivity contribution in [1.29, 1.82) is 0 Å². The third-order valence-electron chi connectivity index (χ3n) is 5.17. The van der Waals surface area contributed by atoms with Gasteiger partial charge in [0.25, 0.3) is 5.91 Å². The Hall–Kier alpha value is -2.94. The summed E-state index contributed by atoms with van der Waals surface area (Å²) in [6, 6.07) is 10.5. The monoisotopic (exact) mass is 326 g/mol. The lowest BCUT2D eigenvalue weighted by Crippen LogP contribution is -2.31. The van der Waals surface area contributed by atoms with Crippen LogP contribution in [0.15, 0.2) is 54.6 Å². The molecule has 25 heavy (non-hydrogen) atoms. The third kappa shape index (κ3) is 2.35. The van der Waals surface area contributed by atoms with Gasteiger partial charge in [0.2, 0.25) is 0 Å². The molecule has 2 aliphatic carbocycles. The SMILES string of the molecule is O=C1NCCc2cc(C3=CCc4nc(C5=CCC=C5)ccc43)ccc21. The van der Waals surface area contributed by atoms with E-state index in [1.54, 1.807) is 0 Å². The zero-order chi connectivity index (χ0) is 16.8. The van der Waals surface area contributed by atoms with Gasteiger partial charge in [-0.25, -0.2) is 0 Å². The van der Waals surface area contributed by atoms with Gasteiger partial charge >= 0.3 is 0 Å². The smallest absolute Gasteiger partial charge is 0.251 e. The number of hydrogen-bond donors (Lipinski definition) is 1. The minimum absolute atomic E-state index is 0.0396. The van der Waals surface area contributed by atoms with Crippen LogP contribution >= 0.6 is 0 Å². The Bertz CT molecular complexity index is 995. The summed E-state index contributed by atoms with van der Waals surface area (Å²) in [5.74, 6) is 0.0396. The fourth-order valence-corrected chi connectivity index (χ4v) is 3.89. The maximum Gasteiger partial charge on any atom is 0.251 e. The lowest BCUT2D eigenvalue weighted by molar-refractivity contribution is 0.0946. The number of rotatable bonds is 2. The Morgan fingerprint density at radius 2 is 1.96 bits per heavy atom. The molecule has 1 amide bonds. The van der Waals surface area contributed by atoms with Gasteiger partial charge < -0.3 is 5.32 Å². The molecule has 0 atom stereocenters. The fourth-order valence-electron chi connectivity index (χ4n) is 3.89. The van der Waals surface area contributed by atoms with Crippen molar-refractivity contribution in [1.82, 2.24) is 10.3 Å². The Kier molecular flexibility index (Phi) is 3.20. The van der Waals surface area contributed by atoms with Crippen LogP contribution in [0.25, 0.3) is 11.1 Å². The summed E-state index contributed by atoms with van der Waals surface area (Å²) in [6.07, 6.45) is 11.5. The average Bonchev–Trinajstić information content (AvgIpc) is 3.31. The quantitative estimate of drug-likeness (QED) is 0.914. The van der Waals surface area contributed by atoms with Gasteiger partial charge in [0, 0.05) is 24.1 Å². The molecule has 0 saturated carbocycles. The van der Waals surface area contributed by atoms with Gasteiger partial charge in [-0.15, -0.1) is 0 Å². The highest BCUT2D eigenvalue weighted by atomic mass is 16.1. The minimum Gasteiger partial charge on any atom is -0.352 e. The van der Waals surface area contributed by atoms with Crippen LogP contribution in [0, 0.1) is 0 Å². The van der Waals surface area contributed by atoms with Crippen LogP contribution in [-0.2, 0) is 12.8 Å². The summed E-state index contributed by atoms with van der Waals surface area (Å²) in [4.78, 5) is 16.8. The van der Waals surface area contributed by atoms with Gasteiger partial charge in [0.15, 0.2) is 0 Å². The predicted molar refractivity (Wildman–Crippen MR) is 99.2 cm³/mol. The molecule has 0 bridgehead atoms. The molecule has 1 aromatic carbocycles. The summed E-state index contributed by atoms with van der Waals surface area (Å²) in [7, 11) is 0. The van der Waals surface area contributed by atoms with E-state index in [1.807, 2.05) is 6.07 Å². The molecule has 0 fully saturated rings. The molecule has 2 heterocycles. The van der Waals surface area contributed by atoms with Crippen LogP contribution in [0.5, 0.6) is 0 Å². The highest BCUT2D eigenvalue weighted by Crippen LogP contribution is 2.34. The number of carbonyl (C=O) groups is 1. The van der Waals surface area contributed by atoms with Crippen molar-refractivity contribution in [3.63, 3.8) is 0 Å². The van der Waals surface area contributed by atoms with E-state index in [9.17, 15) is 4.79 Å². The first-order chi connectivity index (χ1) is 12.3. The normalized spacial score (nSPS) is 17.7. The number of fused-ring (bicyclic) bond motifs is 2. The lowest BCUT2D eigenvalue weighted by Gasteiger charge is -2.18. The summed E-state index contributed by atoms with van der Waals surface area (Å²) < 4.78 is 0. The van der Waals surface area contributed by atoms with Crippen molar-refractivity contribution in [2.45, 2.75) is 19.3 Å². The minimum atomic E-state index is 0.0396. The van der Waals surface area contributed by atoms with E-state index in [0.29, 0.717) is 0 Å². The molecule has 3 aliphatic rings. The largest absolute Gasteiger partial charge is 0.352 e. The van der Waals surface area contributed by atoms with Crippen molar-refractivity contribution in [2.24, 2.45) is 0 Å². The first-order valence-electron chi connectivity index (χ1n) is 8.78. The number of nitrogens with one attached hydrogen (secondary N) is 1. The summed E-state index contributed by atoms with van der Waals surface area (Å²) in [5, 5.41) is 2.90. The van der Waals surface area contributed by atoms with Gasteiger partial charge in [-0.05, 0) is 47.2 Å². The Balaban J connectivity index is 1.52. The second kappa shape index (κ2) is 5.55. The van der Waals surface area contributed by atoms with E-state index in [2.05, 4.69) is 53.9 Å². The van der Waals surface area contributed by atoms with Gasteiger partial charge in [-0.3, -0.25) is 9.78 Å². The summed E-state index contributed by atoms with van der Waals surface area (Å²) in [6.45, 7) is 0.721. The van der Waals surface area contributed by atoms with Crippen molar-refractivity contribution >= 4 is 17.1 Å². The number of benzene rings is 1. The first kappa shape index (κ1) is 14.4. The lowest BCUT2D eigenvalue weighted by atomic mass is 9.93. The fraction of sp³-hybridized carbons (Fsp3) is 0.182. The second-order valence-electron chi connectivity index (χ2n) is 6.69. The predicted octanol–water partition coefficient (Wildman–Crippen LogP) is 3.70. The second-order valence-corrected chi connectivity index (χ2v) is 6.69. The molecule has 1 N–H and O–H groups in total. The van der Waals surface area contributed by atoms with Gasteiger partial charge in [0.1, 0.15) is 0 Å². The number of pyridine rings is 1. The molecule has 0 unspecified atom stereocenters.